The van der Waals surface area contributed by atoms with E-state index in [9.17, 15) is 4.79 Å². The van der Waals surface area contributed by atoms with Gasteiger partial charge in [0.15, 0.2) is 0 Å². The quantitative estimate of drug-likeness (QED) is 0.791. The summed E-state index contributed by atoms with van der Waals surface area (Å²) in [6.45, 7) is 6.78. The lowest BCUT2D eigenvalue weighted by atomic mass is 9.77. The molecule has 6 heteroatoms. The van der Waals surface area contributed by atoms with Gasteiger partial charge in [-0.05, 0) is 56.0 Å². The molecule has 144 valence electrons. The Labute approximate surface area is 165 Å². The third-order valence-corrected chi connectivity index (χ3v) is 6.96. The predicted octanol–water partition coefficient (Wildman–Crippen LogP) is 3.47. The summed E-state index contributed by atoms with van der Waals surface area (Å²) < 4.78 is 5.31. The van der Waals surface area contributed by atoms with Crippen molar-refractivity contribution in [3.8, 4) is 5.75 Å². The van der Waals surface area contributed by atoms with Crippen LogP contribution in [0.1, 0.15) is 35.4 Å². The van der Waals surface area contributed by atoms with E-state index in [1.165, 1.54) is 4.88 Å². The first-order chi connectivity index (χ1) is 13.1. The van der Waals surface area contributed by atoms with Gasteiger partial charge in [-0.3, -0.25) is 9.69 Å². The van der Waals surface area contributed by atoms with Crippen LogP contribution in [0.3, 0.4) is 0 Å². The number of aromatic nitrogens is 1. The Morgan fingerprint density at radius 3 is 2.78 bits per heavy atom. The SMILES string of the molecule is COc1cccc(CN2CC3(CCN(Cc4scnc4C)CC3)CC2=O)c1. The molecule has 0 saturated carbocycles. The molecule has 2 aliphatic heterocycles. The van der Waals surface area contributed by atoms with Gasteiger partial charge in [0.25, 0.3) is 0 Å². The minimum absolute atomic E-state index is 0.162. The number of hydrogen-bond acceptors (Lipinski definition) is 5. The minimum atomic E-state index is 0.162. The number of piperidine rings is 1. The second-order valence-corrected chi connectivity index (χ2v) is 8.85. The number of hydrogen-bond donors (Lipinski definition) is 0. The molecule has 1 spiro atoms. The molecule has 1 aromatic carbocycles. The Bertz CT molecular complexity index is 811. The van der Waals surface area contributed by atoms with Crippen LogP contribution in [-0.4, -0.2) is 47.4 Å². The second kappa shape index (κ2) is 7.60. The van der Waals surface area contributed by atoms with Crippen molar-refractivity contribution in [2.24, 2.45) is 5.41 Å². The third kappa shape index (κ3) is 4.01. The van der Waals surface area contributed by atoms with Crippen molar-refractivity contribution in [1.29, 1.82) is 0 Å². The van der Waals surface area contributed by atoms with Gasteiger partial charge in [-0.25, -0.2) is 4.98 Å². The number of carbonyl (C=O) groups is 1. The van der Waals surface area contributed by atoms with Crippen LogP contribution in [-0.2, 0) is 17.9 Å². The number of thiazole rings is 1. The summed E-state index contributed by atoms with van der Waals surface area (Å²) >= 11 is 1.75. The molecule has 1 aromatic heterocycles. The van der Waals surface area contributed by atoms with Crippen molar-refractivity contribution in [3.63, 3.8) is 0 Å². The maximum absolute atomic E-state index is 12.7. The molecule has 0 atom stereocenters. The van der Waals surface area contributed by atoms with Crippen molar-refractivity contribution in [2.45, 2.75) is 39.3 Å². The number of aryl methyl sites for hydroxylation is 1. The molecule has 0 aliphatic carbocycles. The standard InChI is InChI=1S/C21H27N3O2S/c1-16-19(27-15-22-16)13-23-8-6-21(7-9-23)11-20(25)24(14-21)12-17-4-3-5-18(10-17)26-2/h3-5,10,15H,6-9,11-14H2,1-2H3. The van der Waals surface area contributed by atoms with Gasteiger partial charge < -0.3 is 9.64 Å². The first-order valence-electron chi connectivity index (χ1n) is 9.59. The number of nitrogens with zero attached hydrogens (tertiary/aromatic N) is 3. The monoisotopic (exact) mass is 385 g/mol. The smallest absolute Gasteiger partial charge is 0.223 e. The maximum Gasteiger partial charge on any atom is 0.223 e. The molecule has 0 N–H and O–H groups in total. The lowest BCUT2D eigenvalue weighted by molar-refractivity contribution is -0.128. The number of rotatable bonds is 5. The van der Waals surface area contributed by atoms with E-state index in [1.807, 2.05) is 28.6 Å². The number of methoxy groups -OCH3 is 1. The summed E-state index contributed by atoms with van der Waals surface area (Å²) in [6, 6.07) is 8.03. The molecule has 3 heterocycles. The number of ether oxygens (including phenoxy) is 1. The predicted molar refractivity (Wildman–Crippen MR) is 107 cm³/mol. The molecule has 2 fully saturated rings. The summed E-state index contributed by atoms with van der Waals surface area (Å²) in [6.07, 6.45) is 2.90. The summed E-state index contributed by atoms with van der Waals surface area (Å²) in [4.78, 5) is 22.9. The molecule has 27 heavy (non-hydrogen) atoms. The van der Waals surface area contributed by atoms with Crippen molar-refractivity contribution in [2.75, 3.05) is 26.7 Å². The Morgan fingerprint density at radius 1 is 1.26 bits per heavy atom. The fourth-order valence-corrected chi connectivity index (χ4v) is 5.14. The highest BCUT2D eigenvalue weighted by Crippen LogP contribution is 2.42. The summed E-state index contributed by atoms with van der Waals surface area (Å²) in [5.74, 6) is 1.14. The molecule has 1 amide bonds. The topological polar surface area (TPSA) is 45.7 Å². The third-order valence-electron chi connectivity index (χ3n) is 6.04. The van der Waals surface area contributed by atoms with Crippen molar-refractivity contribution in [3.05, 3.63) is 45.9 Å². The van der Waals surface area contributed by atoms with Gasteiger partial charge in [0.2, 0.25) is 5.91 Å². The minimum Gasteiger partial charge on any atom is -0.497 e. The lowest BCUT2D eigenvalue weighted by Crippen LogP contribution is -2.41. The zero-order valence-corrected chi connectivity index (χ0v) is 16.9. The molecule has 2 saturated heterocycles. The highest BCUT2D eigenvalue weighted by molar-refractivity contribution is 7.09. The van der Waals surface area contributed by atoms with E-state index in [-0.39, 0.29) is 5.41 Å². The van der Waals surface area contributed by atoms with Gasteiger partial charge >= 0.3 is 0 Å². The summed E-state index contributed by atoms with van der Waals surface area (Å²) in [5.41, 5.74) is 4.39. The van der Waals surface area contributed by atoms with Crippen molar-refractivity contribution in [1.82, 2.24) is 14.8 Å². The summed E-state index contributed by atoms with van der Waals surface area (Å²) in [7, 11) is 1.68. The first kappa shape index (κ1) is 18.4. The Hall–Kier alpha value is -1.92. The second-order valence-electron chi connectivity index (χ2n) is 7.92. The van der Waals surface area contributed by atoms with Crippen LogP contribution in [0.2, 0.25) is 0 Å². The number of benzene rings is 1. The molecule has 4 rings (SSSR count). The van der Waals surface area contributed by atoms with Crippen LogP contribution in [0.15, 0.2) is 29.8 Å². The molecular weight excluding hydrogens is 358 g/mol. The molecule has 2 aliphatic rings. The highest BCUT2D eigenvalue weighted by atomic mass is 32.1. The van der Waals surface area contributed by atoms with E-state index in [0.29, 0.717) is 18.9 Å². The fraction of sp³-hybridized carbons (Fsp3) is 0.524. The average Bonchev–Trinajstić information content (AvgIpc) is 3.21. The molecule has 0 bridgehead atoms. The maximum atomic E-state index is 12.7. The molecule has 0 radical (unpaired) electrons. The molecule has 2 aromatic rings. The number of amides is 1. The van der Waals surface area contributed by atoms with Crippen LogP contribution in [0, 0.1) is 12.3 Å². The normalized spacial score (nSPS) is 19.8. The van der Waals surface area contributed by atoms with Gasteiger partial charge in [-0.2, -0.15) is 0 Å². The Morgan fingerprint density at radius 2 is 2.07 bits per heavy atom. The van der Waals surface area contributed by atoms with Crippen LogP contribution < -0.4 is 4.74 Å². The van der Waals surface area contributed by atoms with E-state index in [0.717, 1.165) is 56.0 Å². The van der Waals surface area contributed by atoms with Gasteiger partial charge in [0, 0.05) is 30.9 Å². The van der Waals surface area contributed by atoms with Gasteiger partial charge in [-0.1, -0.05) is 12.1 Å². The number of likely N-dealkylation sites (tertiary alicyclic amines) is 2. The van der Waals surface area contributed by atoms with Gasteiger partial charge in [-0.15, -0.1) is 11.3 Å². The molecular formula is C21H27N3O2S. The van der Waals surface area contributed by atoms with E-state index in [1.54, 1.807) is 18.4 Å². The van der Waals surface area contributed by atoms with Crippen LogP contribution >= 0.6 is 11.3 Å². The Kier molecular flexibility index (Phi) is 5.19. The van der Waals surface area contributed by atoms with E-state index in [2.05, 4.69) is 22.9 Å². The number of carbonyl (C=O) groups excluding carboxylic acids is 1. The average molecular weight is 386 g/mol. The zero-order valence-electron chi connectivity index (χ0n) is 16.1. The van der Waals surface area contributed by atoms with Gasteiger partial charge in [0.1, 0.15) is 5.75 Å². The Balaban J connectivity index is 1.35. The lowest BCUT2D eigenvalue weighted by Gasteiger charge is -2.38. The zero-order chi connectivity index (χ0) is 18.9. The first-order valence-corrected chi connectivity index (χ1v) is 10.5. The van der Waals surface area contributed by atoms with Crippen molar-refractivity contribution >= 4 is 17.2 Å². The van der Waals surface area contributed by atoms with E-state index < -0.39 is 0 Å². The fourth-order valence-electron chi connectivity index (χ4n) is 4.32. The van der Waals surface area contributed by atoms with E-state index in [4.69, 9.17) is 4.74 Å². The van der Waals surface area contributed by atoms with Crippen LogP contribution in [0.25, 0.3) is 0 Å². The molecule has 0 unspecified atom stereocenters. The van der Waals surface area contributed by atoms with Crippen molar-refractivity contribution < 1.29 is 9.53 Å². The largest absolute Gasteiger partial charge is 0.497 e. The van der Waals surface area contributed by atoms with Crippen LogP contribution in [0.4, 0.5) is 0 Å². The van der Waals surface area contributed by atoms with Crippen LogP contribution in [0.5, 0.6) is 5.75 Å². The van der Waals surface area contributed by atoms with Gasteiger partial charge in [0.05, 0.1) is 18.3 Å². The molecule has 5 nitrogen and oxygen atoms in total. The van der Waals surface area contributed by atoms with E-state index >= 15 is 0 Å². The summed E-state index contributed by atoms with van der Waals surface area (Å²) in [5, 5.41) is 0. The highest BCUT2D eigenvalue weighted by Gasteiger charge is 2.44.